The van der Waals surface area contributed by atoms with E-state index in [2.05, 4.69) is 71.7 Å². The molecule has 0 unspecified atom stereocenters. The van der Waals surface area contributed by atoms with Gasteiger partial charge in [0.05, 0.1) is 51.2 Å². The van der Waals surface area contributed by atoms with Crippen LogP contribution in [0.5, 0.6) is 0 Å². The van der Waals surface area contributed by atoms with Gasteiger partial charge >= 0.3 is 0 Å². The Kier molecular flexibility index (Phi) is 9.79. The maximum absolute atomic E-state index is 5.20. The standard InChI is InChI=1S/C53H35N7/c1-5-17-36(18-6-1)46-34-48(59-52(57-46)38-21-9-3-10-22-38)41-26-15-25-40(31-41)42-32-49(43-27-13-14-30-54-43)56-50(33-42)44-28-16-29-45(55-44)51-35-47(37-19-7-2-8-20-37)58-53(60-51)39-23-11-4-12-24-39/h1-35H. The fourth-order valence-electron chi connectivity index (χ4n) is 7.17. The Morgan fingerprint density at radius 1 is 0.200 bits per heavy atom. The van der Waals surface area contributed by atoms with Crippen LogP contribution in [0.15, 0.2) is 212 Å². The van der Waals surface area contributed by atoms with Crippen LogP contribution in [0.2, 0.25) is 0 Å². The Labute approximate surface area is 347 Å². The second-order valence-corrected chi connectivity index (χ2v) is 14.2. The van der Waals surface area contributed by atoms with E-state index in [1.807, 2.05) is 140 Å². The summed E-state index contributed by atoms with van der Waals surface area (Å²) in [5, 5.41) is 0. The third-order valence-corrected chi connectivity index (χ3v) is 10.2. The van der Waals surface area contributed by atoms with Crippen LogP contribution in [0.3, 0.4) is 0 Å². The SMILES string of the molecule is c1ccc(-c2cc(-c3cccc(-c4cc(-c5ccccn5)nc(-c5cccc(-c6cc(-c7ccccc7)nc(-c7ccccc7)n6)n5)c4)c3)nc(-c3ccccc3)n2)cc1. The van der Waals surface area contributed by atoms with Gasteiger partial charge in [0.15, 0.2) is 11.6 Å². The number of nitrogens with zero attached hydrogens (tertiary/aromatic N) is 7. The molecule has 7 nitrogen and oxygen atoms in total. The molecule has 0 spiro atoms. The maximum atomic E-state index is 5.20. The molecule has 10 rings (SSSR count). The van der Waals surface area contributed by atoms with E-state index in [0.29, 0.717) is 34.4 Å². The lowest BCUT2D eigenvalue weighted by atomic mass is 9.99. The zero-order valence-electron chi connectivity index (χ0n) is 32.3. The zero-order valence-corrected chi connectivity index (χ0v) is 32.3. The summed E-state index contributed by atoms with van der Waals surface area (Å²) in [6.45, 7) is 0. The molecule has 0 radical (unpaired) electrons. The van der Waals surface area contributed by atoms with Crippen molar-refractivity contribution in [1.29, 1.82) is 0 Å². The molecular weight excluding hydrogens is 735 g/mol. The van der Waals surface area contributed by atoms with E-state index in [0.717, 1.165) is 67.4 Å². The highest BCUT2D eigenvalue weighted by molar-refractivity contribution is 5.80. The lowest BCUT2D eigenvalue weighted by Crippen LogP contribution is -1.98. The van der Waals surface area contributed by atoms with Gasteiger partial charge in [-0.25, -0.2) is 29.9 Å². The Balaban J connectivity index is 1.09. The molecule has 0 saturated heterocycles. The summed E-state index contributed by atoms with van der Waals surface area (Å²) in [4.78, 5) is 35.2. The summed E-state index contributed by atoms with van der Waals surface area (Å²) in [7, 11) is 0. The van der Waals surface area contributed by atoms with Gasteiger partial charge in [-0.05, 0) is 65.7 Å². The minimum atomic E-state index is 0.632. The molecule has 0 atom stereocenters. The van der Waals surface area contributed by atoms with Gasteiger partial charge < -0.3 is 0 Å². The molecule has 0 aliphatic rings. The maximum Gasteiger partial charge on any atom is 0.160 e. The number of aromatic nitrogens is 7. The second-order valence-electron chi connectivity index (χ2n) is 14.2. The van der Waals surface area contributed by atoms with Gasteiger partial charge in [-0.2, -0.15) is 0 Å². The van der Waals surface area contributed by atoms with Crippen molar-refractivity contribution in [3.8, 4) is 102 Å². The quantitative estimate of drug-likeness (QED) is 0.144. The van der Waals surface area contributed by atoms with Crippen LogP contribution in [0.25, 0.3) is 102 Å². The molecule has 0 amide bonds. The first-order valence-electron chi connectivity index (χ1n) is 19.7. The van der Waals surface area contributed by atoms with Gasteiger partial charge in [0, 0.05) is 34.0 Å². The van der Waals surface area contributed by atoms with Gasteiger partial charge in [-0.3, -0.25) is 4.98 Å². The fourth-order valence-corrected chi connectivity index (χ4v) is 7.17. The van der Waals surface area contributed by atoms with Crippen molar-refractivity contribution >= 4 is 0 Å². The second kappa shape index (κ2) is 16.3. The van der Waals surface area contributed by atoms with Gasteiger partial charge in [0.2, 0.25) is 0 Å². The monoisotopic (exact) mass is 769 g/mol. The van der Waals surface area contributed by atoms with Gasteiger partial charge in [0.25, 0.3) is 0 Å². The van der Waals surface area contributed by atoms with Crippen LogP contribution in [0.4, 0.5) is 0 Å². The molecule has 5 aromatic heterocycles. The van der Waals surface area contributed by atoms with Gasteiger partial charge in [-0.1, -0.05) is 152 Å². The van der Waals surface area contributed by atoms with Crippen LogP contribution in [-0.4, -0.2) is 34.9 Å². The molecule has 0 bridgehead atoms. The summed E-state index contributed by atoms with van der Waals surface area (Å²) in [5.74, 6) is 1.30. The first-order chi connectivity index (χ1) is 29.7. The normalized spacial score (nSPS) is 11.0. The zero-order chi connectivity index (χ0) is 40.1. The van der Waals surface area contributed by atoms with E-state index in [1.54, 1.807) is 6.20 Å². The highest BCUT2D eigenvalue weighted by Gasteiger charge is 2.16. The van der Waals surface area contributed by atoms with Gasteiger partial charge in [0.1, 0.15) is 0 Å². The van der Waals surface area contributed by atoms with Gasteiger partial charge in [-0.15, -0.1) is 0 Å². The van der Waals surface area contributed by atoms with Crippen molar-refractivity contribution in [3.05, 3.63) is 212 Å². The van der Waals surface area contributed by atoms with Crippen molar-refractivity contribution in [2.45, 2.75) is 0 Å². The van der Waals surface area contributed by atoms with Crippen LogP contribution in [0, 0.1) is 0 Å². The molecule has 10 aromatic rings. The molecule has 5 aromatic carbocycles. The lowest BCUT2D eigenvalue weighted by molar-refractivity contribution is 1.16. The number of pyridine rings is 3. The van der Waals surface area contributed by atoms with E-state index in [1.165, 1.54) is 0 Å². The third-order valence-electron chi connectivity index (χ3n) is 10.2. The molecule has 5 heterocycles. The average Bonchev–Trinajstić information content (AvgIpc) is 3.35. The van der Waals surface area contributed by atoms with E-state index < -0.39 is 0 Å². The number of rotatable bonds is 9. The largest absolute Gasteiger partial charge is 0.255 e. The predicted molar refractivity (Wildman–Crippen MR) is 240 cm³/mol. The minimum absolute atomic E-state index is 0.632. The Bertz CT molecular complexity index is 2770. The topological polar surface area (TPSA) is 90.2 Å². The molecule has 0 saturated carbocycles. The molecule has 7 heteroatoms. The molecule has 0 aliphatic carbocycles. The molecule has 0 fully saturated rings. The molecule has 60 heavy (non-hydrogen) atoms. The third kappa shape index (κ3) is 7.71. The Hall–Kier alpha value is -8.29. The van der Waals surface area contributed by atoms with Crippen LogP contribution in [0.1, 0.15) is 0 Å². The smallest absolute Gasteiger partial charge is 0.160 e. The van der Waals surface area contributed by atoms with E-state index in [-0.39, 0.29) is 0 Å². The van der Waals surface area contributed by atoms with Crippen LogP contribution in [-0.2, 0) is 0 Å². The lowest BCUT2D eigenvalue weighted by Gasteiger charge is -2.13. The average molecular weight is 770 g/mol. The highest BCUT2D eigenvalue weighted by atomic mass is 14.9. The molecule has 0 aliphatic heterocycles. The van der Waals surface area contributed by atoms with Crippen LogP contribution >= 0.6 is 0 Å². The van der Waals surface area contributed by atoms with Crippen molar-refractivity contribution < 1.29 is 0 Å². The number of hydrogen-bond acceptors (Lipinski definition) is 7. The predicted octanol–water partition coefficient (Wildman–Crippen LogP) is 12.5. The fraction of sp³-hybridized carbons (Fsp3) is 0. The van der Waals surface area contributed by atoms with Crippen molar-refractivity contribution in [1.82, 2.24) is 34.9 Å². The van der Waals surface area contributed by atoms with Crippen molar-refractivity contribution in [2.24, 2.45) is 0 Å². The summed E-state index contributed by atoms with van der Waals surface area (Å²) in [6.07, 6.45) is 1.79. The summed E-state index contributed by atoms with van der Waals surface area (Å²) in [5.41, 5.74) is 13.7. The minimum Gasteiger partial charge on any atom is -0.255 e. The van der Waals surface area contributed by atoms with Crippen molar-refractivity contribution in [2.75, 3.05) is 0 Å². The Morgan fingerprint density at radius 2 is 0.583 bits per heavy atom. The molecule has 282 valence electrons. The van der Waals surface area contributed by atoms with Crippen molar-refractivity contribution in [3.63, 3.8) is 0 Å². The highest BCUT2D eigenvalue weighted by Crippen LogP contribution is 2.34. The summed E-state index contributed by atoms with van der Waals surface area (Å²) in [6, 6.07) is 69.1. The Morgan fingerprint density at radius 3 is 1.13 bits per heavy atom. The molecule has 0 N–H and O–H groups in total. The first kappa shape index (κ1) is 36.1. The van der Waals surface area contributed by atoms with E-state index in [4.69, 9.17) is 29.9 Å². The summed E-state index contributed by atoms with van der Waals surface area (Å²) < 4.78 is 0. The molecular formula is C53H35N7. The van der Waals surface area contributed by atoms with E-state index in [9.17, 15) is 0 Å². The van der Waals surface area contributed by atoms with Crippen LogP contribution < -0.4 is 0 Å². The number of benzene rings is 5. The summed E-state index contributed by atoms with van der Waals surface area (Å²) >= 11 is 0. The first-order valence-corrected chi connectivity index (χ1v) is 19.7. The number of hydrogen-bond donors (Lipinski definition) is 0. The van der Waals surface area contributed by atoms with E-state index >= 15 is 0 Å².